The van der Waals surface area contributed by atoms with Gasteiger partial charge in [-0.2, -0.15) is 10.2 Å². The van der Waals surface area contributed by atoms with E-state index in [0.717, 1.165) is 67.4 Å². The number of hydrogen-bond donors (Lipinski definition) is 1. The summed E-state index contributed by atoms with van der Waals surface area (Å²) in [4.78, 5) is 32.8. The lowest BCUT2D eigenvalue weighted by atomic mass is 9.72. The van der Waals surface area contributed by atoms with Crippen LogP contribution in [0.2, 0.25) is 0 Å². The van der Waals surface area contributed by atoms with Crippen molar-refractivity contribution in [2.45, 2.75) is 77.9 Å². The zero-order valence-corrected chi connectivity index (χ0v) is 28.6. The number of anilines is 3. The number of ether oxygens (including phenoxy) is 1. The maximum atomic E-state index is 12.7. The number of piperazine rings is 2. The van der Waals surface area contributed by atoms with Crippen LogP contribution in [-0.2, 0) is 16.6 Å². The number of hydrogen-bond acceptors (Lipinski definition) is 12. The van der Waals surface area contributed by atoms with Gasteiger partial charge in [-0.1, -0.05) is 12.1 Å². The van der Waals surface area contributed by atoms with E-state index in [4.69, 9.17) is 25.0 Å². The standard InChI is InChI=1S/C33H45N9O3S/c1-7-39-11-16-42(20-21(39)2)26-18-22(40-12-14-41(15-13-40)31(43)44-32(3,4)5)17-24(36-26)29-37-30(45-38-29)33(6)10-8-9-25-27(33)23(19-34)28(35)46-25/h17-18,21H,7-16,20,35H2,1-6H3. The van der Waals surface area contributed by atoms with Crippen molar-refractivity contribution in [3.63, 3.8) is 0 Å². The topological polar surface area (TPSA) is 141 Å². The Morgan fingerprint density at radius 2 is 1.91 bits per heavy atom. The summed E-state index contributed by atoms with van der Waals surface area (Å²) in [6, 6.07) is 6.88. The molecule has 0 spiro atoms. The second-order valence-electron chi connectivity index (χ2n) is 13.8. The third-order valence-corrected chi connectivity index (χ3v) is 10.5. The zero-order valence-electron chi connectivity index (χ0n) is 27.8. The number of amides is 1. The third kappa shape index (κ3) is 6.12. The van der Waals surface area contributed by atoms with Gasteiger partial charge in [0.1, 0.15) is 28.2 Å². The molecule has 3 aromatic rings. The van der Waals surface area contributed by atoms with Crippen molar-refractivity contribution in [2.75, 3.05) is 67.9 Å². The quantitative estimate of drug-likeness (QED) is 0.405. The predicted molar refractivity (Wildman–Crippen MR) is 179 cm³/mol. The summed E-state index contributed by atoms with van der Waals surface area (Å²) in [6.07, 6.45) is 2.34. The van der Waals surface area contributed by atoms with E-state index in [1.165, 1.54) is 11.3 Å². The average Bonchev–Trinajstić information content (AvgIpc) is 3.66. The molecule has 6 rings (SSSR count). The van der Waals surface area contributed by atoms with Crippen LogP contribution < -0.4 is 15.5 Å². The summed E-state index contributed by atoms with van der Waals surface area (Å²) in [5, 5.41) is 14.9. The first-order valence-corrected chi connectivity index (χ1v) is 17.1. The highest BCUT2D eigenvalue weighted by Crippen LogP contribution is 2.48. The van der Waals surface area contributed by atoms with Crippen LogP contribution in [-0.4, -0.2) is 95.0 Å². The number of nitrogen functional groups attached to an aromatic ring is 1. The number of pyridine rings is 1. The number of aryl methyl sites for hydroxylation is 1. The maximum Gasteiger partial charge on any atom is 0.410 e. The summed E-state index contributed by atoms with van der Waals surface area (Å²) in [6.45, 7) is 18.4. The van der Waals surface area contributed by atoms with E-state index in [-0.39, 0.29) is 6.09 Å². The van der Waals surface area contributed by atoms with Gasteiger partial charge in [0.2, 0.25) is 11.7 Å². The van der Waals surface area contributed by atoms with Gasteiger partial charge < -0.3 is 29.7 Å². The summed E-state index contributed by atoms with van der Waals surface area (Å²) in [7, 11) is 0. The fourth-order valence-electron chi connectivity index (χ4n) is 6.97. The molecule has 12 nitrogen and oxygen atoms in total. The Kier molecular flexibility index (Phi) is 8.63. The zero-order chi connectivity index (χ0) is 32.8. The summed E-state index contributed by atoms with van der Waals surface area (Å²) in [5.74, 6) is 1.77. The molecule has 0 radical (unpaired) electrons. The number of carbonyl (C=O) groups excluding carboxylic acids is 1. The molecule has 0 aromatic carbocycles. The Bertz CT molecular complexity index is 1630. The molecule has 2 saturated heterocycles. The van der Waals surface area contributed by atoms with Gasteiger partial charge in [0, 0.05) is 74.0 Å². The predicted octanol–water partition coefficient (Wildman–Crippen LogP) is 4.88. The number of rotatable bonds is 5. The number of thiophene rings is 1. The molecular weight excluding hydrogens is 602 g/mol. The molecule has 2 aliphatic heterocycles. The minimum atomic E-state index is -0.609. The number of aromatic nitrogens is 3. The fraction of sp³-hybridized carbons (Fsp3) is 0.606. The van der Waals surface area contributed by atoms with Crippen molar-refractivity contribution in [3.05, 3.63) is 34.0 Å². The van der Waals surface area contributed by atoms with Crippen LogP contribution in [0.3, 0.4) is 0 Å². The molecule has 5 heterocycles. The largest absolute Gasteiger partial charge is 0.444 e. The molecule has 0 saturated carbocycles. The number of nitrogens with two attached hydrogens (primary N) is 1. The maximum absolute atomic E-state index is 12.7. The van der Waals surface area contributed by atoms with Crippen molar-refractivity contribution in [3.8, 4) is 17.6 Å². The van der Waals surface area contributed by atoms with Gasteiger partial charge in [0.15, 0.2) is 0 Å². The van der Waals surface area contributed by atoms with E-state index >= 15 is 0 Å². The fourth-order valence-corrected chi connectivity index (χ4v) is 8.16. The van der Waals surface area contributed by atoms with Crippen LogP contribution in [0.25, 0.3) is 11.5 Å². The van der Waals surface area contributed by atoms with E-state index < -0.39 is 11.0 Å². The molecule has 2 N–H and O–H groups in total. The Hall–Kier alpha value is -3.89. The lowest BCUT2D eigenvalue weighted by Gasteiger charge is -2.40. The van der Waals surface area contributed by atoms with Crippen LogP contribution in [0.1, 0.15) is 76.3 Å². The van der Waals surface area contributed by atoms with Crippen LogP contribution in [0, 0.1) is 11.3 Å². The van der Waals surface area contributed by atoms with Crippen LogP contribution in [0.4, 0.5) is 21.3 Å². The molecular formula is C33H45N9O3S. The molecule has 3 aliphatic rings. The lowest BCUT2D eigenvalue weighted by Crippen LogP contribution is -2.52. The molecule has 246 valence electrons. The Morgan fingerprint density at radius 1 is 1.17 bits per heavy atom. The van der Waals surface area contributed by atoms with Gasteiger partial charge in [-0.05, 0) is 66.5 Å². The van der Waals surface area contributed by atoms with Crippen molar-refractivity contribution in [2.24, 2.45) is 0 Å². The second kappa shape index (κ2) is 12.4. The average molecular weight is 648 g/mol. The number of fused-ring (bicyclic) bond motifs is 1. The molecule has 1 aliphatic carbocycles. The third-order valence-electron chi connectivity index (χ3n) is 9.47. The normalized spacial score (nSPS) is 22.5. The Labute approximate surface area is 275 Å². The van der Waals surface area contributed by atoms with E-state index in [9.17, 15) is 10.1 Å². The lowest BCUT2D eigenvalue weighted by molar-refractivity contribution is 0.0240. The number of nitriles is 1. The summed E-state index contributed by atoms with van der Waals surface area (Å²) < 4.78 is 11.6. The van der Waals surface area contributed by atoms with Gasteiger partial charge in [-0.25, -0.2) is 9.78 Å². The highest BCUT2D eigenvalue weighted by molar-refractivity contribution is 7.16. The Morgan fingerprint density at radius 3 is 2.59 bits per heavy atom. The van der Waals surface area contributed by atoms with E-state index in [0.29, 0.717) is 60.2 Å². The highest BCUT2D eigenvalue weighted by atomic mass is 32.1. The summed E-state index contributed by atoms with van der Waals surface area (Å²) >= 11 is 1.49. The minimum absolute atomic E-state index is 0.281. The van der Waals surface area contributed by atoms with Crippen LogP contribution in [0.5, 0.6) is 0 Å². The van der Waals surface area contributed by atoms with Crippen LogP contribution in [0.15, 0.2) is 16.7 Å². The molecule has 1 amide bonds. The van der Waals surface area contributed by atoms with Gasteiger partial charge in [-0.15, -0.1) is 11.3 Å². The van der Waals surface area contributed by atoms with Gasteiger partial charge in [0.25, 0.3) is 0 Å². The first-order valence-electron chi connectivity index (χ1n) is 16.3. The smallest absolute Gasteiger partial charge is 0.410 e. The van der Waals surface area contributed by atoms with Crippen molar-refractivity contribution >= 4 is 33.9 Å². The van der Waals surface area contributed by atoms with Gasteiger partial charge in [0.05, 0.1) is 11.0 Å². The van der Waals surface area contributed by atoms with Gasteiger partial charge >= 0.3 is 6.09 Å². The van der Waals surface area contributed by atoms with E-state index in [1.54, 1.807) is 4.90 Å². The molecule has 46 heavy (non-hydrogen) atoms. The molecule has 2 unspecified atom stereocenters. The number of nitrogens with zero attached hydrogens (tertiary/aromatic N) is 8. The molecule has 3 aromatic heterocycles. The second-order valence-corrected chi connectivity index (χ2v) is 14.9. The van der Waals surface area contributed by atoms with Crippen molar-refractivity contribution in [1.29, 1.82) is 5.26 Å². The van der Waals surface area contributed by atoms with Crippen molar-refractivity contribution < 1.29 is 14.1 Å². The van der Waals surface area contributed by atoms with Gasteiger partial charge in [-0.3, -0.25) is 4.90 Å². The highest BCUT2D eigenvalue weighted by Gasteiger charge is 2.43. The SMILES string of the molecule is CCN1CCN(c2cc(N3CCN(C(=O)OC(C)(C)C)CC3)cc(-c3noc(C4(C)CCCc5sc(N)c(C#N)c54)n3)n2)CC1C. The molecule has 13 heteroatoms. The van der Waals surface area contributed by atoms with E-state index in [1.807, 2.05) is 26.8 Å². The van der Waals surface area contributed by atoms with Crippen LogP contribution >= 0.6 is 11.3 Å². The minimum Gasteiger partial charge on any atom is -0.444 e. The summed E-state index contributed by atoms with van der Waals surface area (Å²) in [5.41, 5.74) is 8.20. The van der Waals surface area contributed by atoms with Crippen molar-refractivity contribution in [1.82, 2.24) is 24.9 Å². The monoisotopic (exact) mass is 647 g/mol. The molecule has 2 atom stereocenters. The molecule has 2 fully saturated rings. The number of carbonyl (C=O) groups is 1. The Balaban J connectivity index is 1.32. The van der Waals surface area contributed by atoms with E-state index in [2.05, 4.69) is 52.8 Å². The molecule has 0 bridgehead atoms. The first-order chi connectivity index (χ1) is 21.9. The number of likely N-dealkylation sites (N-methyl/N-ethyl adjacent to an activating group) is 1. The first kappa shape index (κ1) is 32.1.